The summed E-state index contributed by atoms with van der Waals surface area (Å²) >= 11 is 8.01. The molecule has 108 valence electrons. The topological polar surface area (TPSA) is 28.2 Å². The molecular weight excluding hydrogens is 290 g/mol. The molecule has 5 heteroatoms. The molecule has 0 amide bonds. The third-order valence-electron chi connectivity index (χ3n) is 4.06. The predicted molar refractivity (Wildman–Crippen MR) is 88.0 cm³/mol. The average molecular weight is 310 g/mol. The Morgan fingerprint density at radius 1 is 1.35 bits per heavy atom. The van der Waals surface area contributed by atoms with Gasteiger partial charge in [0.1, 0.15) is 5.52 Å². The van der Waals surface area contributed by atoms with Crippen molar-refractivity contribution in [3.05, 3.63) is 22.7 Å². The number of thiazole rings is 1. The molecule has 1 fully saturated rings. The lowest BCUT2D eigenvalue weighted by Crippen LogP contribution is -2.42. The highest BCUT2D eigenvalue weighted by molar-refractivity contribution is 7.16. The van der Waals surface area contributed by atoms with E-state index >= 15 is 0 Å². The Labute approximate surface area is 128 Å². The highest BCUT2D eigenvalue weighted by atomic mass is 35.5. The van der Waals surface area contributed by atoms with Crippen LogP contribution in [-0.4, -0.2) is 35.1 Å². The van der Waals surface area contributed by atoms with Crippen molar-refractivity contribution >= 4 is 38.8 Å². The number of anilines is 1. The van der Waals surface area contributed by atoms with Gasteiger partial charge in [0, 0.05) is 25.2 Å². The van der Waals surface area contributed by atoms with Crippen LogP contribution >= 0.6 is 22.9 Å². The minimum Gasteiger partial charge on any atom is -0.379 e. The first-order valence-corrected chi connectivity index (χ1v) is 8.43. The van der Waals surface area contributed by atoms with Gasteiger partial charge in [-0.05, 0) is 38.8 Å². The van der Waals surface area contributed by atoms with E-state index in [0.717, 1.165) is 42.2 Å². The number of nitrogens with zero attached hydrogens (tertiary/aromatic N) is 2. The maximum atomic E-state index is 6.35. The summed E-state index contributed by atoms with van der Waals surface area (Å²) in [5.74, 6) is 0. The van der Waals surface area contributed by atoms with Crippen LogP contribution in [-0.2, 0) is 0 Å². The molecule has 0 atom stereocenters. The minimum atomic E-state index is 0.495. The van der Waals surface area contributed by atoms with E-state index in [4.69, 9.17) is 11.6 Å². The Morgan fingerprint density at radius 3 is 2.80 bits per heavy atom. The first-order chi connectivity index (χ1) is 9.65. The zero-order valence-corrected chi connectivity index (χ0v) is 13.5. The average Bonchev–Trinajstić information content (AvgIpc) is 2.91. The lowest BCUT2D eigenvalue weighted by atomic mass is 10.0. The molecule has 3 nitrogen and oxygen atoms in total. The molecule has 1 aliphatic rings. The van der Waals surface area contributed by atoms with Crippen molar-refractivity contribution in [1.82, 2.24) is 9.88 Å². The second-order valence-electron chi connectivity index (χ2n) is 5.67. The van der Waals surface area contributed by atoms with Crippen molar-refractivity contribution in [2.45, 2.75) is 38.8 Å². The van der Waals surface area contributed by atoms with Crippen LogP contribution in [0.4, 0.5) is 5.69 Å². The Kier molecular flexibility index (Phi) is 4.15. The third kappa shape index (κ3) is 2.78. The first kappa shape index (κ1) is 14.1. The molecule has 1 aromatic heterocycles. The van der Waals surface area contributed by atoms with Gasteiger partial charge in [0.05, 0.1) is 20.9 Å². The van der Waals surface area contributed by atoms with Crippen LogP contribution < -0.4 is 5.32 Å². The molecular formula is C15H20ClN3S. The monoisotopic (exact) mass is 309 g/mol. The summed E-state index contributed by atoms with van der Waals surface area (Å²) in [5, 5.41) is 4.40. The van der Waals surface area contributed by atoms with Crippen LogP contribution in [0.2, 0.25) is 5.02 Å². The molecule has 0 spiro atoms. The summed E-state index contributed by atoms with van der Waals surface area (Å²) in [7, 11) is 0. The van der Waals surface area contributed by atoms with Gasteiger partial charge in [-0.15, -0.1) is 11.3 Å². The van der Waals surface area contributed by atoms with E-state index in [9.17, 15) is 0 Å². The molecule has 1 aliphatic heterocycles. The summed E-state index contributed by atoms with van der Waals surface area (Å²) in [6.45, 7) is 6.83. The summed E-state index contributed by atoms with van der Waals surface area (Å²) < 4.78 is 1.19. The van der Waals surface area contributed by atoms with E-state index in [1.165, 1.54) is 4.70 Å². The number of aromatic nitrogens is 1. The van der Waals surface area contributed by atoms with Crippen LogP contribution in [0.3, 0.4) is 0 Å². The van der Waals surface area contributed by atoms with Crippen molar-refractivity contribution in [3.63, 3.8) is 0 Å². The second-order valence-corrected chi connectivity index (χ2v) is 6.96. The number of hydrogen-bond acceptors (Lipinski definition) is 4. The van der Waals surface area contributed by atoms with Gasteiger partial charge in [-0.1, -0.05) is 11.6 Å². The summed E-state index contributed by atoms with van der Waals surface area (Å²) in [5.41, 5.74) is 3.90. The maximum absolute atomic E-state index is 6.35. The molecule has 2 aromatic rings. The van der Waals surface area contributed by atoms with Gasteiger partial charge in [-0.2, -0.15) is 0 Å². The van der Waals surface area contributed by atoms with Crippen molar-refractivity contribution in [2.75, 3.05) is 18.4 Å². The number of rotatable bonds is 3. The van der Waals surface area contributed by atoms with Gasteiger partial charge in [0.15, 0.2) is 0 Å². The molecule has 0 bridgehead atoms. The maximum Gasteiger partial charge on any atom is 0.106 e. The predicted octanol–water partition coefficient (Wildman–Crippen LogP) is 4.23. The zero-order valence-electron chi connectivity index (χ0n) is 11.9. The largest absolute Gasteiger partial charge is 0.379 e. The SMILES string of the molecule is CC(C)N1CCC(Nc2c(Cl)ccc3scnc23)CC1. The fourth-order valence-corrected chi connectivity index (χ4v) is 3.70. The van der Waals surface area contributed by atoms with E-state index in [-0.39, 0.29) is 0 Å². The fourth-order valence-electron chi connectivity index (χ4n) is 2.81. The van der Waals surface area contributed by atoms with Crippen molar-refractivity contribution < 1.29 is 0 Å². The molecule has 1 N–H and O–H groups in total. The van der Waals surface area contributed by atoms with E-state index in [2.05, 4.69) is 29.0 Å². The van der Waals surface area contributed by atoms with Gasteiger partial charge >= 0.3 is 0 Å². The highest BCUT2D eigenvalue weighted by Gasteiger charge is 2.22. The van der Waals surface area contributed by atoms with Gasteiger partial charge in [-0.3, -0.25) is 0 Å². The van der Waals surface area contributed by atoms with Crippen molar-refractivity contribution in [1.29, 1.82) is 0 Å². The van der Waals surface area contributed by atoms with Crippen LogP contribution in [0, 0.1) is 0 Å². The van der Waals surface area contributed by atoms with Gasteiger partial charge in [0.25, 0.3) is 0 Å². The van der Waals surface area contributed by atoms with Gasteiger partial charge in [0.2, 0.25) is 0 Å². The van der Waals surface area contributed by atoms with Crippen LogP contribution in [0.25, 0.3) is 10.2 Å². The highest BCUT2D eigenvalue weighted by Crippen LogP contribution is 2.33. The zero-order chi connectivity index (χ0) is 14.1. The standard InChI is InChI=1S/C15H20ClN3S/c1-10(2)19-7-5-11(6-8-19)18-14-12(16)3-4-13-15(14)17-9-20-13/h3-4,9-11,18H,5-8H2,1-2H3. The first-order valence-electron chi connectivity index (χ1n) is 7.17. The van der Waals surface area contributed by atoms with Crippen molar-refractivity contribution in [3.8, 4) is 0 Å². The quantitative estimate of drug-likeness (QED) is 0.919. The summed E-state index contributed by atoms with van der Waals surface area (Å²) in [6.07, 6.45) is 2.32. The number of benzene rings is 1. The number of fused-ring (bicyclic) bond motifs is 1. The molecule has 2 heterocycles. The Hall–Kier alpha value is -0.840. The minimum absolute atomic E-state index is 0.495. The lowest BCUT2D eigenvalue weighted by Gasteiger charge is -2.35. The number of piperidine rings is 1. The van der Waals surface area contributed by atoms with Crippen molar-refractivity contribution in [2.24, 2.45) is 0 Å². The van der Waals surface area contributed by atoms with E-state index < -0.39 is 0 Å². The molecule has 0 unspecified atom stereocenters. The van der Waals surface area contributed by atoms with E-state index in [0.29, 0.717) is 12.1 Å². The number of halogens is 1. The van der Waals surface area contributed by atoms with Crippen LogP contribution in [0.5, 0.6) is 0 Å². The lowest BCUT2D eigenvalue weighted by molar-refractivity contribution is 0.177. The molecule has 20 heavy (non-hydrogen) atoms. The smallest absolute Gasteiger partial charge is 0.106 e. The molecule has 0 saturated carbocycles. The number of hydrogen-bond donors (Lipinski definition) is 1. The Bertz CT molecular complexity index is 588. The summed E-state index contributed by atoms with van der Waals surface area (Å²) in [4.78, 5) is 6.98. The van der Waals surface area contributed by atoms with E-state index in [1.54, 1.807) is 11.3 Å². The van der Waals surface area contributed by atoms with E-state index in [1.807, 2.05) is 17.6 Å². The molecule has 3 rings (SSSR count). The summed E-state index contributed by atoms with van der Waals surface area (Å²) in [6, 6.07) is 5.14. The molecule has 0 aliphatic carbocycles. The molecule has 1 saturated heterocycles. The third-order valence-corrected chi connectivity index (χ3v) is 5.17. The van der Waals surface area contributed by atoms with Gasteiger partial charge in [-0.25, -0.2) is 4.98 Å². The van der Waals surface area contributed by atoms with Crippen LogP contribution in [0.15, 0.2) is 17.6 Å². The fraction of sp³-hybridized carbons (Fsp3) is 0.533. The molecule has 1 aromatic carbocycles. The number of likely N-dealkylation sites (tertiary alicyclic amines) is 1. The molecule has 0 radical (unpaired) electrons. The Morgan fingerprint density at radius 2 is 2.10 bits per heavy atom. The Balaban J connectivity index is 1.74. The number of nitrogens with one attached hydrogen (secondary N) is 1. The normalized spacial score (nSPS) is 18.0. The van der Waals surface area contributed by atoms with Gasteiger partial charge < -0.3 is 10.2 Å². The second kappa shape index (κ2) is 5.88. The van der Waals surface area contributed by atoms with Crippen LogP contribution in [0.1, 0.15) is 26.7 Å².